The molecule has 0 aliphatic heterocycles. The molecule has 10 heteroatoms. The quantitative estimate of drug-likeness (QED) is 0.359. The van der Waals surface area contributed by atoms with Gasteiger partial charge in [-0.2, -0.15) is 0 Å². The van der Waals surface area contributed by atoms with Gasteiger partial charge in [-0.25, -0.2) is 18.1 Å². The topological polar surface area (TPSA) is 130 Å². The van der Waals surface area contributed by atoms with Crippen LogP contribution < -0.4 is 15.4 Å². The number of nitrogens with one attached hydrogen (secondary N) is 3. The van der Waals surface area contributed by atoms with E-state index in [0.717, 1.165) is 16.6 Å². The summed E-state index contributed by atoms with van der Waals surface area (Å²) in [5.74, 6) is -1.09. The smallest absolute Gasteiger partial charge is 0.243 e. The van der Waals surface area contributed by atoms with Crippen LogP contribution in [0.1, 0.15) is 0 Å². The van der Waals surface area contributed by atoms with Crippen LogP contribution in [-0.4, -0.2) is 43.3 Å². The zero-order valence-corrected chi connectivity index (χ0v) is 18.7. The molecule has 3 aromatic carbocycles. The molecule has 0 aliphatic rings. The molecular formula is C24H21N5O4S. The number of carbonyl (C=O) groups excluding carboxylic acids is 2. The molecule has 1 heterocycles. The maximum atomic E-state index is 12.3. The van der Waals surface area contributed by atoms with Crippen LogP contribution in [0.3, 0.4) is 0 Å². The number of sulfonamides is 1. The second-order valence-electron chi connectivity index (χ2n) is 7.29. The number of carbonyl (C=O) groups is 2. The van der Waals surface area contributed by atoms with E-state index in [1.54, 1.807) is 42.6 Å². The van der Waals surface area contributed by atoms with Crippen molar-refractivity contribution in [1.29, 1.82) is 0 Å². The second-order valence-corrected chi connectivity index (χ2v) is 9.05. The predicted octanol–water partition coefficient (Wildman–Crippen LogP) is 2.33. The van der Waals surface area contributed by atoms with Crippen LogP contribution in [0, 0.1) is 0 Å². The van der Waals surface area contributed by atoms with E-state index in [2.05, 4.69) is 25.3 Å². The molecule has 0 radical (unpaired) electrons. The van der Waals surface area contributed by atoms with E-state index in [-0.39, 0.29) is 11.4 Å². The Morgan fingerprint density at radius 2 is 1.53 bits per heavy atom. The van der Waals surface area contributed by atoms with Crippen molar-refractivity contribution in [1.82, 2.24) is 20.0 Å². The summed E-state index contributed by atoms with van der Waals surface area (Å²) in [6.45, 7) is -0.799. The lowest BCUT2D eigenvalue weighted by Crippen LogP contribution is -2.40. The second kappa shape index (κ2) is 10.2. The van der Waals surface area contributed by atoms with Gasteiger partial charge in [0.25, 0.3) is 0 Å². The maximum Gasteiger partial charge on any atom is 0.243 e. The Bertz CT molecular complexity index is 1440. The molecule has 4 rings (SSSR count). The number of amides is 2. The van der Waals surface area contributed by atoms with Gasteiger partial charge < -0.3 is 10.6 Å². The van der Waals surface area contributed by atoms with Crippen LogP contribution in [0.4, 0.5) is 5.69 Å². The van der Waals surface area contributed by atoms with Crippen molar-refractivity contribution in [3.63, 3.8) is 0 Å². The first-order valence-corrected chi connectivity index (χ1v) is 11.8. The van der Waals surface area contributed by atoms with Gasteiger partial charge in [-0.3, -0.25) is 14.6 Å². The third kappa shape index (κ3) is 5.80. The minimum Gasteiger partial charge on any atom is -0.346 e. The minimum atomic E-state index is -3.81. The van der Waals surface area contributed by atoms with E-state index < -0.39 is 28.4 Å². The molecule has 4 aromatic rings. The lowest BCUT2D eigenvalue weighted by molar-refractivity contribution is -0.123. The Hall–Kier alpha value is -4.15. The summed E-state index contributed by atoms with van der Waals surface area (Å²) >= 11 is 0. The molecule has 0 spiro atoms. The molecule has 0 bridgehead atoms. The number of benzene rings is 3. The highest BCUT2D eigenvalue weighted by Gasteiger charge is 2.15. The molecule has 2 amide bonds. The number of aromatic nitrogens is 2. The van der Waals surface area contributed by atoms with Crippen molar-refractivity contribution in [3.8, 4) is 11.3 Å². The van der Waals surface area contributed by atoms with Gasteiger partial charge in [0.15, 0.2) is 0 Å². The summed E-state index contributed by atoms with van der Waals surface area (Å²) in [6, 6.07) is 22.3. The number of fused-ring (bicyclic) bond motifs is 1. The minimum absolute atomic E-state index is 0.0523. The zero-order valence-electron chi connectivity index (χ0n) is 17.9. The first kappa shape index (κ1) is 23.0. The number of para-hydroxylation sites is 2. The summed E-state index contributed by atoms with van der Waals surface area (Å²) < 4.78 is 26.5. The number of nitrogens with zero attached hydrogens (tertiary/aromatic N) is 2. The number of anilines is 1. The average Bonchev–Trinajstić information content (AvgIpc) is 2.86. The van der Waals surface area contributed by atoms with E-state index in [1.807, 2.05) is 30.3 Å². The Balaban J connectivity index is 1.31. The molecular weight excluding hydrogens is 454 g/mol. The first-order valence-electron chi connectivity index (χ1n) is 10.3. The van der Waals surface area contributed by atoms with Crippen molar-refractivity contribution in [2.75, 3.05) is 18.4 Å². The number of hydrogen-bond acceptors (Lipinski definition) is 6. The monoisotopic (exact) mass is 475 g/mol. The van der Waals surface area contributed by atoms with Crippen molar-refractivity contribution in [2.45, 2.75) is 4.90 Å². The lowest BCUT2D eigenvalue weighted by Gasteiger charge is -2.10. The largest absolute Gasteiger partial charge is 0.346 e. The van der Waals surface area contributed by atoms with E-state index >= 15 is 0 Å². The normalized spacial score (nSPS) is 11.2. The highest BCUT2D eigenvalue weighted by Crippen LogP contribution is 2.22. The maximum absolute atomic E-state index is 12.3. The molecule has 0 fully saturated rings. The Morgan fingerprint density at radius 3 is 2.32 bits per heavy atom. The van der Waals surface area contributed by atoms with Gasteiger partial charge in [0.2, 0.25) is 21.8 Å². The lowest BCUT2D eigenvalue weighted by atomic mass is 10.1. The van der Waals surface area contributed by atoms with Gasteiger partial charge in [0.1, 0.15) is 0 Å². The van der Waals surface area contributed by atoms with Gasteiger partial charge in [0.05, 0.1) is 40.9 Å². The molecule has 0 aliphatic carbocycles. The van der Waals surface area contributed by atoms with Crippen LogP contribution in [0.2, 0.25) is 0 Å². The van der Waals surface area contributed by atoms with Gasteiger partial charge in [-0.1, -0.05) is 42.5 Å². The SMILES string of the molecule is O=C(CNS(=O)(=O)c1ccccc1)NCC(=O)Nc1cccc(-c2cnc3ccccc3n2)c1. The fraction of sp³-hybridized carbons (Fsp3) is 0.0833. The van der Waals surface area contributed by atoms with Crippen LogP contribution >= 0.6 is 0 Å². The number of hydrogen-bond donors (Lipinski definition) is 3. The van der Waals surface area contributed by atoms with Gasteiger partial charge >= 0.3 is 0 Å². The summed E-state index contributed by atoms with van der Waals surface area (Å²) in [7, 11) is -3.81. The molecule has 0 saturated heterocycles. The third-order valence-electron chi connectivity index (χ3n) is 4.81. The summed E-state index contributed by atoms with van der Waals surface area (Å²) in [6.07, 6.45) is 1.67. The van der Waals surface area contributed by atoms with Crippen molar-refractivity contribution in [2.24, 2.45) is 0 Å². The molecule has 34 heavy (non-hydrogen) atoms. The van der Waals surface area contributed by atoms with Crippen LogP contribution in [0.15, 0.2) is 90.0 Å². The fourth-order valence-corrected chi connectivity index (χ4v) is 4.15. The van der Waals surface area contributed by atoms with Crippen molar-refractivity contribution in [3.05, 3.63) is 85.1 Å². The first-order chi connectivity index (χ1) is 16.4. The van der Waals surface area contributed by atoms with E-state index in [0.29, 0.717) is 11.4 Å². The summed E-state index contributed by atoms with van der Waals surface area (Å²) in [5, 5.41) is 5.10. The van der Waals surface area contributed by atoms with Crippen molar-refractivity contribution < 1.29 is 18.0 Å². The zero-order chi connectivity index (χ0) is 24.0. The average molecular weight is 476 g/mol. The molecule has 0 saturated carbocycles. The molecule has 0 unspecified atom stereocenters. The highest BCUT2D eigenvalue weighted by atomic mass is 32.2. The van der Waals surface area contributed by atoms with Crippen LogP contribution in [0.5, 0.6) is 0 Å². The Kier molecular flexibility index (Phi) is 6.90. The van der Waals surface area contributed by atoms with E-state index in [9.17, 15) is 18.0 Å². The molecule has 172 valence electrons. The highest BCUT2D eigenvalue weighted by molar-refractivity contribution is 7.89. The summed E-state index contributed by atoms with van der Waals surface area (Å²) in [5.41, 5.74) is 3.51. The Labute approximate surface area is 196 Å². The standard InChI is InChI=1S/C24H21N5O4S/c30-23(16-27-34(32,33)19-9-2-1-3-10-19)26-15-24(31)28-18-8-6-7-17(13-18)22-14-25-20-11-4-5-12-21(20)29-22/h1-14,27H,15-16H2,(H,26,30)(H,28,31). The molecule has 3 N–H and O–H groups in total. The van der Waals surface area contributed by atoms with Gasteiger partial charge in [0, 0.05) is 11.3 Å². The third-order valence-corrected chi connectivity index (χ3v) is 6.23. The fourth-order valence-electron chi connectivity index (χ4n) is 3.14. The van der Waals surface area contributed by atoms with Gasteiger partial charge in [-0.15, -0.1) is 0 Å². The molecule has 0 atom stereocenters. The van der Waals surface area contributed by atoms with E-state index in [4.69, 9.17) is 0 Å². The van der Waals surface area contributed by atoms with Gasteiger partial charge in [-0.05, 0) is 36.4 Å². The predicted molar refractivity (Wildman–Crippen MR) is 128 cm³/mol. The summed E-state index contributed by atoms with van der Waals surface area (Å²) in [4.78, 5) is 33.3. The Morgan fingerprint density at radius 1 is 0.794 bits per heavy atom. The molecule has 9 nitrogen and oxygen atoms in total. The van der Waals surface area contributed by atoms with E-state index in [1.165, 1.54) is 12.1 Å². The van der Waals surface area contributed by atoms with Crippen LogP contribution in [0.25, 0.3) is 22.3 Å². The number of rotatable bonds is 8. The van der Waals surface area contributed by atoms with Crippen molar-refractivity contribution >= 4 is 38.6 Å². The molecule has 1 aromatic heterocycles. The van der Waals surface area contributed by atoms with Crippen LogP contribution in [-0.2, 0) is 19.6 Å².